The van der Waals surface area contributed by atoms with Gasteiger partial charge in [-0.1, -0.05) is 60.6 Å². The van der Waals surface area contributed by atoms with Gasteiger partial charge in [0.15, 0.2) is 0 Å². The molecule has 0 bridgehead atoms. The van der Waals surface area contributed by atoms with Gasteiger partial charge in [-0.2, -0.15) is 0 Å². The number of rotatable bonds is 1. The highest BCUT2D eigenvalue weighted by atomic mass is 16.5. The Kier molecular flexibility index (Phi) is 5.57. The minimum absolute atomic E-state index is 0.0516. The van der Waals surface area contributed by atoms with Crippen LogP contribution in [0.15, 0.2) is 12.2 Å². The molecular formula is C32H52O2. The van der Waals surface area contributed by atoms with Crippen LogP contribution in [0.25, 0.3) is 0 Å². The van der Waals surface area contributed by atoms with Crippen molar-refractivity contribution in [1.82, 2.24) is 0 Å². The third-order valence-electron chi connectivity index (χ3n) is 13.7. The van der Waals surface area contributed by atoms with Gasteiger partial charge in [-0.25, -0.2) is 0 Å². The first kappa shape index (κ1) is 24.9. The van der Waals surface area contributed by atoms with Crippen molar-refractivity contribution in [3.63, 3.8) is 0 Å². The van der Waals surface area contributed by atoms with Crippen LogP contribution in [0.2, 0.25) is 0 Å². The predicted molar refractivity (Wildman–Crippen MR) is 140 cm³/mol. The third kappa shape index (κ3) is 3.08. The highest BCUT2D eigenvalue weighted by Crippen LogP contribution is 2.77. The summed E-state index contributed by atoms with van der Waals surface area (Å²) in [6, 6.07) is 0. The minimum atomic E-state index is -0.109. The van der Waals surface area contributed by atoms with E-state index in [0.717, 1.165) is 24.2 Å². The molecule has 5 aliphatic rings. The van der Waals surface area contributed by atoms with Crippen molar-refractivity contribution in [1.29, 1.82) is 0 Å². The number of carbonyl (C=O) groups excluding carboxylic acids is 1. The van der Waals surface area contributed by atoms with Gasteiger partial charge >= 0.3 is 5.97 Å². The second kappa shape index (κ2) is 7.61. The molecule has 0 saturated heterocycles. The molecule has 5 aliphatic carbocycles. The van der Waals surface area contributed by atoms with Crippen LogP contribution >= 0.6 is 0 Å². The van der Waals surface area contributed by atoms with E-state index >= 15 is 0 Å². The molecule has 5 rings (SSSR count). The van der Waals surface area contributed by atoms with Crippen molar-refractivity contribution in [2.45, 2.75) is 126 Å². The summed E-state index contributed by atoms with van der Waals surface area (Å²) in [7, 11) is 0. The summed E-state index contributed by atoms with van der Waals surface area (Å²) in [4.78, 5) is 11.9. The summed E-state index contributed by atoms with van der Waals surface area (Å²) < 4.78 is 5.91. The zero-order valence-corrected chi connectivity index (χ0v) is 23.6. The Morgan fingerprint density at radius 3 is 2.21 bits per heavy atom. The first-order valence-corrected chi connectivity index (χ1v) is 14.6. The highest BCUT2D eigenvalue weighted by molar-refractivity contribution is 5.66. The van der Waals surface area contributed by atoms with Crippen molar-refractivity contribution < 1.29 is 9.53 Å². The monoisotopic (exact) mass is 468 g/mol. The molecule has 0 heterocycles. The standard InChI is InChI=1S/C32H52O2/c1-20-12-15-29(6)18-19-31(8)23(27(29)21(20)2)10-11-25-30(7)16-14-26(34-22(3)33)28(4,5)24(30)13-17-32(25,31)9/h20,23-27H,2,10-19H2,1,3-9H3/t20-,23-,24+,25-,26+,27+,29-,30+,31-,32-/m1/s1. The summed E-state index contributed by atoms with van der Waals surface area (Å²) in [5.41, 5.74) is 3.27. The molecule has 0 aromatic rings. The maximum atomic E-state index is 11.9. The zero-order valence-electron chi connectivity index (χ0n) is 23.6. The van der Waals surface area contributed by atoms with Crippen LogP contribution in [-0.4, -0.2) is 12.1 Å². The molecule has 10 atom stereocenters. The normalized spacial score (nSPS) is 54.2. The van der Waals surface area contributed by atoms with Crippen LogP contribution in [0.3, 0.4) is 0 Å². The van der Waals surface area contributed by atoms with E-state index in [9.17, 15) is 4.79 Å². The van der Waals surface area contributed by atoms with E-state index in [1.807, 2.05) is 0 Å². The molecule has 0 spiro atoms. The van der Waals surface area contributed by atoms with Crippen LogP contribution in [0, 0.1) is 56.7 Å². The van der Waals surface area contributed by atoms with Gasteiger partial charge in [0, 0.05) is 12.3 Å². The Hall–Kier alpha value is -0.790. The van der Waals surface area contributed by atoms with E-state index in [-0.39, 0.29) is 17.5 Å². The first-order valence-electron chi connectivity index (χ1n) is 14.6. The van der Waals surface area contributed by atoms with E-state index in [4.69, 9.17) is 11.3 Å². The third-order valence-corrected chi connectivity index (χ3v) is 13.7. The number of allylic oxidation sites excluding steroid dienone is 1. The summed E-state index contributed by atoms with van der Waals surface area (Å²) in [6.07, 6.45) is 13.2. The van der Waals surface area contributed by atoms with Gasteiger partial charge < -0.3 is 4.74 Å². The van der Waals surface area contributed by atoms with E-state index in [2.05, 4.69) is 48.5 Å². The molecule has 0 aliphatic heterocycles. The van der Waals surface area contributed by atoms with E-state index in [1.54, 1.807) is 12.5 Å². The van der Waals surface area contributed by atoms with Gasteiger partial charge in [0.2, 0.25) is 0 Å². The van der Waals surface area contributed by atoms with E-state index in [0.29, 0.717) is 33.5 Å². The molecule has 0 radical (unpaired) electrons. The molecule has 0 aromatic carbocycles. The van der Waals surface area contributed by atoms with E-state index in [1.165, 1.54) is 57.8 Å². The maximum absolute atomic E-state index is 11.9. The first-order chi connectivity index (χ1) is 15.7. The van der Waals surface area contributed by atoms with Gasteiger partial charge in [-0.3, -0.25) is 4.79 Å². The maximum Gasteiger partial charge on any atom is 0.302 e. The predicted octanol–water partition coefficient (Wildman–Crippen LogP) is 8.60. The number of esters is 1. The number of hydrogen-bond donors (Lipinski definition) is 0. The average Bonchev–Trinajstić information content (AvgIpc) is 2.74. The molecule has 5 saturated carbocycles. The SMILES string of the molecule is C=C1[C@H](C)CC[C@]2(C)CC[C@]3(C)[C@H](CC[C@@H]4[C@@]5(C)CC[C@H](OC(C)=O)C(C)(C)[C@@H]5CC[C@]43C)[C@H]12. The summed E-state index contributed by atoms with van der Waals surface area (Å²) >= 11 is 0. The Balaban J connectivity index is 1.50. The fraction of sp³-hybridized carbons (Fsp3) is 0.906. The lowest BCUT2D eigenvalue weighted by atomic mass is 9.31. The van der Waals surface area contributed by atoms with Crippen LogP contribution in [0.5, 0.6) is 0 Å². The minimum Gasteiger partial charge on any atom is -0.462 e. The van der Waals surface area contributed by atoms with Gasteiger partial charge in [0.25, 0.3) is 0 Å². The molecule has 34 heavy (non-hydrogen) atoms. The molecular weight excluding hydrogens is 416 g/mol. The molecule has 0 unspecified atom stereocenters. The van der Waals surface area contributed by atoms with Crippen LogP contribution in [-0.2, 0) is 9.53 Å². The van der Waals surface area contributed by atoms with Gasteiger partial charge in [-0.05, 0) is 115 Å². The zero-order chi connectivity index (χ0) is 24.9. The highest BCUT2D eigenvalue weighted by Gasteiger charge is 2.69. The van der Waals surface area contributed by atoms with E-state index < -0.39 is 0 Å². The van der Waals surface area contributed by atoms with Crippen molar-refractivity contribution >= 4 is 5.97 Å². The number of hydrogen-bond acceptors (Lipinski definition) is 2. The molecule has 0 amide bonds. The second-order valence-electron chi connectivity index (χ2n) is 15.3. The van der Waals surface area contributed by atoms with Gasteiger partial charge in [-0.15, -0.1) is 0 Å². The number of ether oxygens (including phenoxy) is 1. The lowest BCUT2D eigenvalue weighted by Gasteiger charge is -2.73. The molecule has 2 nitrogen and oxygen atoms in total. The van der Waals surface area contributed by atoms with Crippen LogP contribution in [0.4, 0.5) is 0 Å². The van der Waals surface area contributed by atoms with Gasteiger partial charge in [0.1, 0.15) is 6.10 Å². The lowest BCUT2D eigenvalue weighted by Crippen LogP contribution is -2.67. The number of carbonyl (C=O) groups is 1. The summed E-state index contributed by atoms with van der Waals surface area (Å²) in [6.45, 7) is 24.3. The van der Waals surface area contributed by atoms with Crippen molar-refractivity contribution in [3.8, 4) is 0 Å². The molecule has 0 N–H and O–H groups in total. The average molecular weight is 469 g/mol. The quantitative estimate of drug-likeness (QED) is 0.284. The molecule has 0 aromatic heterocycles. The Labute approximate surface area is 210 Å². The Morgan fingerprint density at radius 2 is 1.53 bits per heavy atom. The largest absolute Gasteiger partial charge is 0.462 e. The van der Waals surface area contributed by atoms with Crippen LogP contribution in [0.1, 0.15) is 120 Å². The summed E-state index contributed by atoms with van der Waals surface area (Å²) in [5.74, 6) is 3.51. The molecule has 2 heteroatoms. The van der Waals surface area contributed by atoms with Crippen molar-refractivity contribution in [3.05, 3.63) is 12.2 Å². The molecule has 5 fully saturated rings. The number of fused-ring (bicyclic) bond motifs is 7. The van der Waals surface area contributed by atoms with Crippen molar-refractivity contribution in [2.24, 2.45) is 56.7 Å². The topological polar surface area (TPSA) is 26.3 Å². The Morgan fingerprint density at radius 1 is 0.824 bits per heavy atom. The summed E-state index contributed by atoms with van der Waals surface area (Å²) in [5, 5.41) is 0. The fourth-order valence-corrected chi connectivity index (χ4v) is 11.6. The fourth-order valence-electron chi connectivity index (χ4n) is 11.6. The van der Waals surface area contributed by atoms with Crippen LogP contribution < -0.4 is 0 Å². The molecule has 192 valence electrons. The lowest BCUT2D eigenvalue weighted by molar-refractivity contribution is -0.248. The Bertz CT molecular complexity index is 872. The smallest absolute Gasteiger partial charge is 0.302 e. The van der Waals surface area contributed by atoms with Gasteiger partial charge in [0.05, 0.1) is 0 Å². The second-order valence-corrected chi connectivity index (χ2v) is 15.3. The van der Waals surface area contributed by atoms with Crippen molar-refractivity contribution in [2.75, 3.05) is 0 Å².